The van der Waals surface area contributed by atoms with E-state index >= 15 is 0 Å². The molecule has 92 valence electrons. The maximum Gasteiger partial charge on any atom is 0.420 e. The van der Waals surface area contributed by atoms with Crippen molar-refractivity contribution in [1.29, 1.82) is 0 Å². The molecule has 0 unspecified atom stereocenters. The summed E-state index contributed by atoms with van der Waals surface area (Å²) in [5, 5.41) is 0.276. The van der Waals surface area contributed by atoms with E-state index in [0.717, 1.165) is 0 Å². The highest BCUT2D eigenvalue weighted by Crippen LogP contribution is 2.52. The molecular weight excluding hydrogens is 257 g/mol. The van der Waals surface area contributed by atoms with E-state index in [2.05, 4.69) is 0 Å². The van der Waals surface area contributed by atoms with Gasteiger partial charge in [-0.15, -0.1) is 0 Å². The maximum atomic E-state index is 13.1. The van der Waals surface area contributed by atoms with E-state index in [0.29, 0.717) is 12.0 Å². The highest BCUT2D eigenvalue weighted by molar-refractivity contribution is 6.33. The third-order valence-electron chi connectivity index (χ3n) is 3.02. The summed E-state index contributed by atoms with van der Waals surface area (Å²) in [6, 6.07) is 0. The summed E-state index contributed by atoms with van der Waals surface area (Å²) in [5.74, 6) is 0.0787. The van der Waals surface area contributed by atoms with Crippen LogP contribution in [0, 0.1) is 0 Å². The number of halogens is 4. The molecule has 0 amide bonds. The molecule has 6 heteroatoms. The van der Waals surface area contributed by atoms with Crippen molar-refractivity contribution in [2.24, 2.45) is 0 Å². The van der Waals surface area contributed by atoms with E-state index in [-0.39, 0.29) is 41.7 Å². The average Bonchev–Trinajstić information content (AvgIpc) is 2.83. The normalized spacial score (nSPS) is 17.4. The van der Waals surface area contributed by atoms with Gasteiger partial charge in [0.2, 0.25) is 0 Å². The van der Waals surface area contributed by atoms with Crippen LogP contribution in [0.25, 0.3) is 0 Å². The van der Waals surface area contributed by atoms with Gasteiger partial charge < -0.3 is 9.47 Å². The van der Waals surface area contributed by atoms with Gasteiger partial charge in [0, 0.05) is 24.0 Å². The Morgan fingerprint density at radius 1 is 0.941 bits per heavy atom. The first kappa shape index (κ1) is 11.0. The van der Waals surface area contributed by atoms with Gasteiger partial charge in [-0.3, -0.25) is 0 Å². The highest BCUT2D eigenvalue weighted by Gasteiger charge is 2.43. The number of ether oxygens (including phenoxy) is 2. The second-order valence-electron chi connectivity index (χ2n) is 4.00. The molecule has 1 aromatic rings. The number of benzene rings is 1. The first-order valence-electron chi connectivity index (χ1n) is 5.20. The number of rotatable bonds is 0. The Hall–Kier alpha value is -1.10. The predicted octanol–water partition coefficient (Wildman–Crippen LogP) is 3.23. The van der Waals surface area contributed by atoms with Crippen molar-refractivity contribution in [3.8, 4) is 11.5 Å². The Morgan fingerprint density at radius 3 is 2.18 bits per heavy atom. The molecule has 0 fully saturated rings. The van der Waals surface area contributed by atoms with Crippen LogP contribution in [0.15, 0.2) is 0 Å². The number of hydrogen-bond donors (Lipinski definition) is 0. The predicted molar refractivity (Wildman–Crippen MR) is 54.9 cm³/mol. The molecule has 17 heavy (non-hydrogen) atoms. The van der Waals surface area contributed by atoms with Gasteiger partial charge in [-0.1, -0.05) is 11.6 Å². The fourth-order valence-electron chi connectivity index (χ4n) is 2.35. The molecule has 1 aromatic carbocycles. The van der Waals surface area contributed by atoms with Gasteiger partial charge in [0.15, 0.2) is 0 Å². The van der Waals surface area contributed by atoms with Crippen LogP contribution < -0.4 is 9.47 Å². The fraction of sp³-hybridized carbons (Fsp3) is 0.455. The molecule has 3 rings (SSSR count). The molecule has 0 N–H and O–H groups in total. The van der Waals surface area contributed by atoms with Crippen LogP contribution in [-0.4, -0.2) is 13.2 Å². The second-order valence-corrected chi connectivity index (χ2v) is 4.38. The summed E-state index contributed by atoms with van der Waals surface area (Å²) >= 11 is 6.05. The summed E-state index contributed by atoms with van der Waals surface area (Å²) < 4.78 is 49.5. The second kappa shape index (κ2) is 3.45. The highest BCUT2D eigenvalue weighted by atomic mass is 35.5. The third kappa shape index (κ3) is 1.48. The minimum absolute atomic E-state index is 0.105. The summed E-state index contributed by atoms with van der Waals surface area (Å²) in [4.78, 5) is 0. The van der Waals surface area contributed by atoms with Gasteiger partial charge in [-0.2, -0.15) is 13.2 Å². The van der Waals surface area contributed by atoms with Gasteiger partial charge in [0.25, 0.3) is 0 Å². The molecule has 0 aliphatic carbocycles. The minimum atomic E-state index is -4.43. The van der Waals surface area contributed by atoms with Crippen LogP contribution in [0.5, 0.6) is 11.5 Å². The lowest BCUT2D eigenvalue weighted by Gasteiger charge is -2.16. The summed E-state index contributed by atoms with van der Waals surface area (Å²) in [6.07, 6.45) is -3.81. The topological polar surface area (TPSA) is 18.5 Å². The van der Waals surface area contributed by atoms with Crippen molar-refractivity contribution in [3.05, 3.63) is 21.7 Å². The van der Waals surface area contributed by atoms with E-state index in [9.17, 15) is 13.2 Å². The first-order chi connectivity index (χ1) is 8.00. The van der Waals surface area contributed by atoms with Crippen LogP contribution in [-0.2, 0) is 19.0 Å². The number of hydrogen-bond acceptors (Lipinski definition) is 2. The first-order valence-corrected chi connectivity index (χ1v) is 5.58. The van der Waals surface area contributed by atoms with Crippen molar-refractivity contribution < 1.29 is 22.6 Å². The molecule has 2 nitrogen and oxygen atoms in total. The summed E-state index contributed by atoms with van der Waals surface area (Å²) in [6.45, 7) is 0.474. The molecule has 0 bridgehead atoms. The van der Waals surface area contributed by atoms with Crippen LogP contribution in [0.3, 0.4) is 0 Å². The Bertz CT molecular complexity index is 461. The van der Waals surface area contributed by atoms with Crippen LogP contribution >= 0.6 is 11.6 Å². The quantitative estimate of drug-likeness (QED) is 0.716. The van der Waals surface area contributed by atoms with Gasteiger partial charge in [-0.25, -0.2) is 0 Å². The molecule has 0 saturated carbocycles. The van der Waals surface area contributed by atoms with Crippen molar-refractivity contribution in [2.75, 3.05) is 13.2 Å². The van der Waals surface area contributed by atoms with Crippen LogP contribution in [0.4, 0.5) is 13.2 Å². The zero-order valence-electron chi connectivity index (χ0n) is 8.66. The molecule has 2 heterocycles. The molecule has 0 atom stereocenters. The van der Waals surface area contributed by atoms with Gasteiger partial charge in [0.1, 0.15) is 17.1 Å². The van der Waals surface area contributed by atoms with E-state index in [1.165, 1.54) is 0 Å². The smallest absolute Gasteiger partial charge is 0.420 e. The van der Waals surface area contributed by atoms with E-state index in [4.69, 9.17) is 21.1 Å². The zero-order valence-corrected chi connectivity index (χ0v) is 9.41. The maximum absolute atomic E-state index is 13.1. The molecule has 0 radical (unpaired) electrons. The SMILES string of the molecule is FC(F)(F)c1c2c(c(Cl)c3c1OCC3)OCC2. The lowest BCUT2D eigenvalue weighted by atomic mass is 9.99. The molecular formula is C11H8ClF3O2. The van der Waals surface area contributed by atoms with E-state index in [1.54, 1.807) is 0 Å². The standard InChI is InChI=1S/C11H8ClF3O2/c12-8-6-2-4-16-9(6)7(11(13,14)15)5-1-3-17-10(5)8/h1-4H2. The van der Waals surface area contributed by atoms with Crippen molar-refractivity contribution in [2.45, 2.75) is 19.0 Å². The number of fused-ring (bicyclic) bond motifs is 2. The van der Waals surface area contributed by atoms with Gasteiger partial charge >= 0.3 is 6.18 Å². The Kier molecular flexibility index (Phi) is 2.23. The van der Waals surface area contributed by atoms with Crippen LogP contribution in [0.1, 0.15) is 16.7 Å². The molecule has 0 spiro atoms. The number of alkyl halides is 3. The molecule has 0 saturated heterocycles. The van der Waals surface area contributed by atoms with Gasteiger partial charge in [-0.05, 0) is 0 Å². The van der Waals surface area contributed by atoms with E-state index in [1.807, 2.05) is 0 Å². The zero-order chi connectivity index (χ0) is 12.2. The largest absolute Gasteiger partial charge is 0.492 e. The van der Waals surface area contributed by atoms with Gasteiger partial charge in [0.05, 0.1) is 18.2 Å². The van der Waals surface area contributed by atoms with Crippen LogP contribution in [0.2, 0.25) is 5.02 Å². The summed E-state index contributed by atoms with van der Waals surface area (Å²) in [5.41, 5.74) is -0.162. The van der Waals surface area contributed by atoms with Crippen molar-refractivity contribution >= 4 is 11.6 Å². The Labute approximate surface area is 100 Å². The minimum Gasteiger partial charge on any atom is -0.492 e. The van der Waals surface area contributed by atoms with Crippen molar-refractivity contribution in [1.82, 2.24) is 0 Å². The Balaban J connectivity index is 2.34. The lowest BCUT2D eigenvalue weighted by Crippen LogP contribution is -2.11. The summed E-state index contributed by atoms with van der Waals surface area (Å²) in [7, 11) is 0. The fourth-order valence-corrected chi connectivity index (χ4v) is 2.70. The average molecular weight is 265 g/mol. The molecule has 2 aliphatic heterocycles. The van der Waals surface area contributed by atoms with E-state index < -0.39 is 11.7 Å². The monoisotopic (exact) mass is 264 g/mol. The Morgan fingerprint density at radius 2 is 1.53 bits per heavy atom. The molecule has 2 aliphatic rings. The van der Waals surface area contributed by atoms with Crippen molar-refractivity contribution in [3.63, 3.8) is 0 Å². The third-order valence-corrected chi connectivity index (χ3v) is 3.42. The molecule has 0 aromatic heterocycles. The lowest BCUT2D eigenvalue weighted by molar-refractivity contribution is -0.139.